The van der Waals surface area contributed by atoms with E-state index in [1.54, 1.807) is 6.42 Å². The largest absolute Gasteiger partial charge is 0.147 e. The molecule has 86 valence electrons. The van der Waals surface area contributed by atoms with Crippen LogP contribution < -0.4 is 0 Å². The minimum Gasteiger partial charge on any atom is -0.147 e. The van der Waals surface area contributed by atoms with Crippen LogP contribution in [0, 0.1) is 29.6 Å². The van der Waals surface area contributed by atoms with Gasteiger partial charge >= 0.3 is 0 Å². The molecule has 0 amide bonds. The van der Waals surface area contributed by atoms with Crippen LogP contribution in [0.25, 0.3) is 0 Å². The summed E-state index contributed by atoms with van der Waals surface area (Å²) in [5.41, 5.74) is 0. The highest BCUT2D eigenvalue weighted by molar-refractivity contribution is 9.11. The molecule has 4 rings (SSSR count). The first-order valence-electron chi connectivity index (χ1n) is 6.14. The van der Waals surface area contributed by atoms with Crippen molar-refractivity contribution < 1.29 is 0 Å². The second-order valence-corrected chi connectivity index (χ2v) is 8.39. The Morgan fingerprint density at radius 1 is 1.25 bits per heavy atom. The standard InChI is InChI=1S/C13H14Br2S/c14-8-3-4-16-13(8)12(15)11-9-6-1-2-7(5-6)10(9)11/h3-4,6-7,9-12H,1-2,5H2. The van der Waals surface area contributed by atoms with Crippen molar-refractivity contribution in [3.05, 3.63) is 20.8 Å². The zero-order valence-electron chi connectivity index (χ0n) is 8.90. The Hall–Kier alpha value is 0.660. The van der Waals surface area contributed by atoms with Crippen LogP contribution in [-0.2, 0) is 0 Å². The molecule has 1 aromatic rings. The third kappa shape index (κ3) is 1.31. The third-order valence-corrected chi connectivity index (χ3v) is 8.35. The highest BCUT2D eigenvalue weighted by Gasteiger charge is 2.66. The fourth-order valence-corrected chi connectivity index (χ4v) is 7.70. The lowest BCUT2D eigenvalue weighted by atomic mass is 10.00. The van der Waals surface area contributed by atoms with Crippen LogP contribution in [0.1, 0.15) is 29.0 Å². The Balaban J connectivity index is 1.59. The molecule has 5 atom stereocenters. The molecule has 0 spiro atoms. The van der Waals surface area contributed by atoms with Gasteiger partial charge in [-0.25, -0.2) is 0 Å². The summed E-state index contributed by atoms with van der Waals surface area (Å²) >= 11 is 9.52. The van der Waals surface area contributed by atoms with Crippen LogP contribution in [-0.4, -0.2) is 0 Å². The molecule has 3 saturated carbocycles. The number of hydrogen-bond donors (Lipinski definition) is 0. The summed E-state index contributed by atoms with van der Waals surface area (Å²) in [7, 11) is 0. The molecule has 5 unspecified atom stereocenters. The van der Waals surface area contributed by atoms with Crippen LogP contribution in [0.2, 0.25) is 0 Å². The van der Waals surface area contributed by atoms with Gasteiger partial charge in [-0.3, -0.25) is 0 Å². The molecule has 3 heteroatoms. The van der Waals surface area contributed by atoms with Gasteiger partial charge in [-0.15, -0.1) is 11.3 Å². The van der Waals surface area contributed by atoms with Crippen molar-refractivity contribution in [1.29, 1.82) is 0 Å². The van der Waals surface area contributed by atoms with Crippen molar-refractivity contribution in [2.24, 2.45) is 29.6 Å². The smallest absolute Gasteiger partial charge is 0.0534 e. The van der Waals surface area contributed by atoms with E-state index in [0.717, 1.165) is 29.6 Å². The third-order valence-electron chi connectivity index (χ3n) is 5.03. The van der Waals surface area contributed by atoms with Crippen molar-refractivity contribution in [2.75, 3.05) is 0 Å². The van der Waals surface area contributed by atoms with Gasteiger partial charge in [-0.2, -0.15) is 0 Å². The molecule has 1 aromatic heterocycles. The van der Waals surface area contributed by atoms with E-state index in [9.17, 15) is 0 Å². The highest BCUT2D eigenvalue weighted by Crippen LogP contribution is 2.73. The minimum absolute atomic E-state index is 0.611. The van der Waals surface area contributed by atoms with E-state index < -0.39 is 0 Å². The van der Waals surface area contributed by atoms with Crippen LogP contribution in [0.3, 0.4) is 0 Å². The Kier molecular flexibility index (Phi) is 2.37. The van der Waals surface area contributed by atoms with Gasteiger partial charge in [0, 0.05) is 9.35 Å². The van der Waals surface area contributed by atoms with Crippen LogP contribution in [0.5, 0.6) is 0 Å². The fourth-order valence-electron chi connectivity index (χ4n) is 4.46. The lowest BCUT2D eigenvalue weighted by Crippen LogP contribution is -2.03. The maximum atomic E-state index is 3.96. The molecule has 1 heterocycles. The van der Waals surface area contributed by atoms with E-state index in [1.807, 2.05) is 11.3 Å². The van der Waals surface area contributed by atoms with Gasteiger partial charge in [0.1, 0.15) is 0 Å². The van der Waals surface area contributed by atoms with Crippen molar-refractivity contribution in [3.63, 3.8) is 0 Å². The Morgan fingerprint density at radius 2 is 1.94 bits per heavy atom. The first kappa shape index (κ1) is 10.6. The zero-order chi connectivity index (χ0) is 10.9. The van der Waals surface area contributed by atoms with E-state index in [1.165, 1.54) is 22.2 Å². The Labute approximate surface area is 117 Å². The Morgan fingerprint density at radius 3 is 2.50 bits per heavy atom. The van der Waals surface area contributed by atoms with Gasteiger partial charge in [0.05, 0.1) is 4.83 Å². The van der Waals surface area contributed by atoms with Crippen molar-refractivity contribution in [2.45, 2.75) is 24.1 Å². The molecule has 3 aliphatic carbocycles. The van der Waals surface area contributed by atoms with Crippen molar-refractivity contribution in [1.82, 2.24) is 0 Å². The number of fused-ring (bicyclic) bond motifs is 5. The first-order valence-corrected chi connectivity index (χ1v) is 8.73. The second kappa shape index (κ2) is 3.58. The molecule has 0 saturated heterocycles. The Bertz CT molecular complexity index is 411. The van der Waals surface area contributed by atoms with E-state index in [-0.39, 0.29) is 0 Å². The van der Waals surface area contributed by atoms with E-state index in [2.05, 4.69) is 43.3 Å². The van der Waals surface area contributed by atoms with Crippen molar-refractivity contribution in [3.8, 4) is 0 Å². The quantitative estimate of drug-likeness (QED) is 0.632. The summed E-state index contributed by atoms with van der Waals surface area (Å²) in [4.78, 5) is 2.12. The topological polar surface area (TPSA) is 0 Å². The maximum absolute atomic E-state index is 3.96. The molecule has 0 N–H and O–H groups in total. The van der Waals surface area contributed by atoms with Crippen molar-refractivity contribution >= 4 is 43.2 Å². The summed E-state index contributed by atoms with van der Waals surface area (Å²) < 4.78 is 1.30. The molecule has 2 bridgehead atoms. The number of alkyl halides is 1. The van der Waals surface area contributed by atoms with E-state index >= 15 is 0 Å². The second-order valence-electron chi connectivity index (χ2n) is 5.60. The van der Waals surface area contributed by atoms with Gasteiger partial charge in [0.2, 0.25) is 0 Å². The SMILES string of the molecule is Brc1ccsc1C(Br)C1C2C3CCC(C3)C21. The minimum atomic E-state index is 0.611. The molecule has 0 aromatic carbocycles. The van der Waals surface area contributed by atoms with Gasteiger partial charge < -0.3 is 0 Å². The van der Waals surface area contributed by atoms with Crippen LogP contribution >= 0.6 is 43.2 Å². The lowest BCUT2D eigenvalue weighted by Gasteiger charge is -2.13. The summed E-state index contributed by atoms with van der Waals surface area (Å²) in [5.74, 6) is 5.24. The number of thiophene rings is 1. The highest BCUT2D eigenvalue weighted by atomic mass is 79.9. The average Bonchev–Trinajstić information content (AvgIpc) is 2.67. The molecule has 3 aliphatic rings. The summed E-state index contributed by atoms with van der Waals surface area (Å²) in [6.07, 6.45) is 4.60. The molecule has 0 nitrogen and oxygen atoms in total. The predicted octanol–water partition coefficient (Wildman–Crippen LogP) is 5.24. The molecular weight excluding hydrogens is 348 g/mol. The van der Waals surface area contributed by atoms with Gasteiger partial charge in [-0.1, -0.05) is 15.9 Å². The van der Waals surface area contributed by atoms with Gasteiger partial charge in [0.25, 0.3) is 0 Å². The normalized spacial score (nSPS) is 45.8. The summed E-state index contributed by atoms with van der Waals surface area (Å²) in [6.45, 7) is 0. The molecule has 16 heavy (non-hydrogen) atoms. The molecular formula is C13H14Br2S. The maximum Gasteiger partial charge on any atom is 0.0534 e. The van der Waals surface area contributed by atoms with E-state index in [0.29, 0.717) is 4.83 Å². The zero-order valence-corrected chi connectivity index (χ0v) is 12.9. The molecule has 3 fully saturated rings. The summed E-state index contributed by atoms with van der Waals surface area (Å²) in [6, 6.07) is 2.18. The molecule has 0 radical (unpaired) electrons. The summed E-state index contributed by atoms with van der Waals surface area (Å²) in [5, 5.41) is 2.19. The molecule has 0 aliphatic heterocycles. The van der Waals surface area contributed by atoms with Gasteiger partial charge in [-0.05, 0) is 76.2 Å². The van der Waals surface area contributed by atoms with Crippen LogP contribution in [0.15, 0.2) is 15.9 Å². The number of rotatable bonds is 2. The number of hydrogen-bond acceptors (Lipinski definition) is 1. The fraction of sp³-hybridized carbons (Fsp3) is 0.692. The predicted molar refractivity (Wildman–Crippen MR) is 75.0 cm³/mol. The van der Waals surface area contributed by atoms with E-state index in [4.69, 9.17) is 0 Å². The van der Waals surface area contributed by atoms with Crippen LogP contribution in [0.4, 0.5) is 0 Å². The lowest BCUT2D eigenvalue weighted by molar-refractivity contribution is 0.456. The number of halogens is 2. The first-order chi connectivity index (χ1) is 7.77. The average molecular weight is 362 g/mol. The van der Waals surface area contributed by atoms with Gasteiger partial charge in [0.15, 0.2) is 0 Å². The monoisotopic (exact) mass is 360 g/mol.